The van der Waals surface area contributed by atoms with Gasteiger partial charge in [0.05, 0.1) is 17.8 Å². The number of aromatic nitrogens is 2. The number of methoxy groups -OCH3 is 1. The Bertz CT molecular complexity index is 1040. The molecule has 1 aliphatic heterocycles. The van der Waals surface area contributed by atoms with Gasteiger partial charge in [-0.15, -0.1) is 0 Å². The van der Waals surface area contributed by atoms with E-state index in [-0.39, 0.29) is 18.4 Å². The summed E-state index contributed by atoms with van der Waals surface area (Å²) in [5.74, 6) is 0.892. The van der Waals surface area contributed by atoms with E-state index in [1.807, 2.05) is 16.5 Å². The first-order valence-electron chi connectivity index (χ1n) is 12.4. The van der Waals surface area contributed by atoms with Crippen molar-refractivity contribution in [1.82, 2.24) is 19.4 Å². The fraction of sp³-hybridized carbons (Fsp3) is 0.640. The van der Waals surface area contributed by atoms with Crippen LogP contribution in [0.1, 0.15) is 67.0 Å². The maximum absolute atomic E-state index is 13.5. The van der Waals surface area contributed by atoms with Gasteiger partial charge in [-0.05, 0) is 49.3 Å². The molecule has 0 bridgehead atoms. The second-order valence-electron chi connectivity index (χ2n) is 9.73. The Kier molecular flexibility index (Phi) is 6.27. The number of fused-ring (bicyclic) bond motifs is 1. The standard InChI is InChI=1S/C25H35N5O3/c1-28-21-15-18(17-8-9-17)14-20(26-10-13-33-2)23(21)27-24(28)25(32)29-11-12-30(22(31)16-29)19-6-4-3-5-7-19/h14-15,17,19,26H,3-13,16H2,1-2H3. The lowest BCUT2D eigenvalue weighted by molar-refractivity contribution is -0.138. The van der Waals surface area contributed by atoms with Crippen molar-refractivity contribution in [3.05, 3.63) is 23.5 Å². The third-order valence-corrected chi connectivity index (χ3v) is 7.43. The van der Waals surface area contributed by atoms with Crippen LogP contribution in [0, 0.1) is 0 Å². The van der Waals surface area contributed by atoms with Gasteiger partial charge in [-0.1, -0.05) is 19.3 Å². The van der Waals surface area contributed by atoms with Gasteiger partial charge in [-0.25, -0.2) is 4.98 Å². The molecule has 0 radical (unpaired) electrons. The summed E-state index contributed by atoms with van der Waals surface area (Å²) in [4.78, 5) is 34.8. The van der Waals surface area contributed by atoms with Crippen molar-refractivity contribution < 1.29 is 14.3 Å². The number of benzene rings is 1. The van der Waals surface area contributed by atoms with Gasteiger partial charge in [0, 0.05) is 39.8 Å². The average Bonchev–Trinajstić information content (AvgIpc) is 3.63. The van der Waals surface area contributed by atoms with Gasteiger partial charge in [0.2, 0.25) is 5.91 Å². The van der Waals surface area contributed by atoms with E-state index < -0.39 is 0 Å². The number of ether oxygens (including phenoxy) is 1. The minimum atomic E-state index is -0.166. The van der Waals surface area contributed by atoms with E-state index in [2.05, 4.69) is 17.4 Å². The summed E-state index contributed by atoms with van der Waals surface area (Å²) in [6, 6.07) is 4.69. The summed E-state index contributed by atoms with van der Waals surface area (Å²) in [5, 5.41) is 3.43. The maximum Gasteiger partial charge on any atom is 0.290 e. The molecular formula is C25H35N5O3. The van der Waals surface area contributed by atoms with E-state index in [9.17, 15) is 9.59 Å². The first-order chi connectivity index (χ1) is 16.1. The van der Waals surface area contributed by atoms with Crippen LogP contribution in [0.2, 0.25) is 0 Å². The highest BCUT2D eigenvalue weighted by Crippen LogP contribution is 2.42. The van der Waals surface area contributed by atoms with E-state index in [1.54, 1.807) is 12.0 Å². The van der Waals surface area contributed by atoms with Crippen molar-refractivity contribution in [2.75, 3.05) is 45.2 Å². The highest BCUT2D eigenvalue weighted by atomic mass is 16.5. The predicted molar refractivity (Wildman–Crippen MR) is 128 cm³/mol. The lowest BCUT2D eigenvalue weighted by atomic mass is 9.93. The quantitative estimate of drug-likeness (QED) is 0.652. The molecule has 3 fully saturated rings. The van der Waals surface area contributed by atoms with Crippen LogP contribution in [0.3, 0.4) is 0 Å². The van der Waals surface area contributed by atoms with E-state index in [0.29, 0.717) is 44.0 Å². The third kappa shape index (κ3) is 4.45. The molecule has 2 saturated carbocycles. The largest absolute Gasteiger partial charge is 0.383 e. The monoisotopic (exact) mass is 453 g/mol. The first-order valence-corrected chi connectivity index (χ1v) is 12.4. The summed E-state index contributed by atoms with van der Waals surface area (Å²) < 4.78 is 7.08. The van der Waals surface area contributed by atoms with Gasteiger partial charge in [0.25, 0.3) is 5.91 Å². The van der Waals surface area contributed by atoms with Crippen molar-refractivity contribution in [1.29, 1.82) is 0 Å². The van der Waals surface area contributed by atoms with Gasteiger partial charge < -0.3 is 24.4 Å². The minimum Gasteiger partial charge on any atom is -0.383 e. The molecule has 178 valence electrons. The molecule has 1 aromatic carbocycles. The zero-order valence-electron chi connectivity index (χ0n) is 19.8. The Morgan fingerprint density at radius 1 is 1.15 bits per heavy atom. The lowest BCUT2D eigenvalue weighted by Crippen LogP contribution is -2.56. The number of rotatable bonds is 7. The zero-order chi connectivity index (χ0) is 22.9. The number of amides is 2. The number of hydrogen-bond donors (Lipinski definition) is 1. The van der Waals surface area contributed by atoms with Crippen LogP contribution in [0.25, 0.3) is 11.0 Å². The topological polar surface area (TPSA) is 79.7 Å². The Labute approximate surface area is 195 Å². The van der Waals surface area contributed by atoms with Crippen molar-refractivity contribution >= 4 is 28.5 Å². The van der Waals surface area contributed by atoms with Crippen molar-refractivity contribution in [2.45, 2.75) is 56.9 Å². The fourth-order valence-electron chi connectivity index (χ4n) is 5.36. The average molecular weight is 454 g/mol. The SMILES string of the molecule is COCCNc1cc(C2CC2)cc2c1nc(C(=O)N1CCN(C3CCCCC3)C(=O)C1)n2C. The normalized spacial score (nSPS) is 20.0. The Morgan fingerprint density at radius 2 is 1.94 bits per heavy atom. The highest BCUT2D eigenvalue weighted by molar-refractivity contribution is 6.00. The molecule has 0 atom stereocenters. The molecule has 2 aromatic rings. The van der Waals surface area contributed by atoms with Gasteiger partial charge in [0.1, 0.15) is 12.1 Å². The summed E-state index contributed by atoms with van der Waals surface area (Å²) in [5.41, 5.74) is 3.99. The van der Waals surface area contributed by atoms with Crippen LogP contribution in [-0.2, 0) is 16.6 Å². The van der Waals surface area contributed by atoms with E-state index in [4.69, 9.17) is 9.72 Å². The van der Waals surface area contributed by atoms with Crippen molar-refractivity contribution in [3.8, 4) is 0 Å². The number of piperazine rings is 1. The Morgan fingerprint density at radius 3 is 2.64 bits per heavy atom. The first kappa shape index (κ1) is 22.2. The predicted octanol–water partition coefficient (Wildman–Crippen LogP) is 3.13. The van der Waals surface area contributed by atoms with Crippen LogP contribution < -0.4 is 5.32 Å². The van der Waals surface area contributed by atoms with Crippen LogP contribution in [0.4, 0.5) is 5.69 Å². The fourth-order valence-corrected chi connectivity index (χ4v) is 5.36. The maximum atomic E-state index is 13.5. The molecule has 2 aliphatic carbocycles. The molecule has 1 N–H and O–H groups in total. The van der Waals surface area contributed by atoms with Crippen LogP contribution in [0.5, 0.6) is 0 Å². The smallest absolute Gasteiger partial charge is 0.290 e. The number of nitrogens with zero attached hydrogens (tertiary/aromatic N) is 4. The van der Waals surface area contributed by atoms with Gasteiger partial charge in [0.15, 0.2) is 5.82 Å². The summed E-state index contributed by atoms with van der Waals surface area (Å²) in [6.45, 7) is 2.61. The Balaban J connectivity index is 1.37. The minimum absolute atomic E-state index is 0.0678. The van der Waals surface area contributed by atoms with E-state index in [0.717, 1.165) is 29.6 Å². The molecule has 3 aliphatic rings. The van der Waals surface area contributed by atoms with Crippen LogP contribution >= 0.6 is 0 Å². The molecule has 2 amide bonds. The number of nitrogens with one attached hydrogen (secondary N) is 1. The number of aryl methyl sites for hydroxylation is 1. The molecule has 1 saturated heterocycles. The third-order valence-electron chi connectivity index (χ3n) is 7.43. The highest BCUT2D eigenvalue weighted by Gasteiger charge is 2.34. The molecule has 0 spiro atoms. The zero-order valence-corrected chi connectivity index (χ0v) is 19.8. The molecule has 8 heteroatoms. The summed E-state index contributed by atoms with van der Waals surface area (Å²) in [6.07, 6.45) is 8.25. The number of hydrogen-bond acceptors (Lipinski definition) is 5. The van der Waals surface area contributed by atoms with Gasteiger partial charge in [-0.2, -0.15) is 0 Å². The van der Waals surface area contributed by atoms with E-state index >= 15 is 0 Å². The van der Waals surface area contributed by atoms with Crippen molar-refractivity contribution in [3.63, 3.8) is 0 Å². The lowest BCUT2D eigenvalue weighted by Gasteiger charge is -2.40. The number of carbonyl (C=O) groups is 2. The van der Waals surface area contributed by atoms with Gasteiger partial charge in [-0.3, -0.25) is 9.59 Å². The molecule has 8 nitrogen and oxygen atoms in total. The second kappa shape index (κ2) is 9.33. The number of imidazole rings is 1. The second-order valence-corrected chi connectivity index (χ2v) is 9.73. The molecule has 33 heavy (non-hydrogen) atoms. The number of anilines is 1. The molecule has 0 unspecified atom stereocenters. The van der Waals surface area contributed by atoms with Crippen molar-refractivity contribution in [2.24, 2.45) is 7.05 Å². The van der Waals surface area contributed by atoms with E-state index in [1.165, 1.54) is 37.7 Å². The summed E-state index contributed by atoms with van der Waals surface area (Å²) >= 11 is 0. The van der Waals surface area contributed by atoms with Gasteiger partial charge >= 0.3 is 0 Å². The number of carbonyl (C=O) groups excluding carboxylic acids is 2. The van der Waals surface area contributed by atoms with Crippen LogP contribution in [0.15, 0.2) is 12.1 Å². The molecule has 5 rings (SSSR count). The molecule has 2 heterocycles. The molecular weight excluding hydrogens is 418 g/mol. The summed E-state index contributed by atoms with van der Waals surface area (Å²) in [7, 11) is 3.59. The van der Waals surface area contributed by atoms with Crippen LogP contribution in [-0.4, -0.2) is 77.1 Å². The molecule has 1 aromatic heterocycles. The Hall–Kier alpha value is -2.61.